The molecule has 0 N–H and O–H groups in total. The molecule has 1 saturated carbocycles. The monoisotopic (exact) mass is 398 g/mol. The number of ether oxygens (including phenoxy) is 1. The van der Waals surface area contributed by atoms with Gasteiger partial charge < -0.3 is 9.64 Å². The summed E-state index contributed by atoms with van der Waals surface area (Å²) in [5, 5.41) is 9.59. The van der Waals surface area contributed by atoms with Crippen LogP contribution in [0.3, 0.4) is 0 Å². The Hall–Kier alpha value is -2.46. The zero-order valence-corrected chi connectivity index (χ0v) is 16.7. The van der Waals surface area contributed by atoms with Crippen molar-refractivity contribution in [2.75, 3.05) is 24.6 Å². The Morgan fingerprint density at radius 2 is 1.96 bits per heavy atom. The Bertz CT molecular complexity index is 869. The number of rotatable bonds is 6. The van der Waals surface area contributed by atoms with E-state index >= 15 is 0 Å². The van der Waals surface area contributed by atoms with Gasteiger partial charge in [0.1, 0.15) is 17.6 Å². The van der Waals surface area contributed by atoms with Gasteiger partial charge in [0.05, 0.1) is 24.0 Å². The van der Waals surface area contributed by atoms with Gasteiger partial charge in [-0.25, -0.2) is 15.0 Å². The second kappa shape index (κ2) is 7.88. The molecule has 2 aromatic heterocycles. The third-order valence-electron chi connectivity index (χ3n) is 5.92. The predicted molar refractivity (Wildman–Crippen MR) is 105 cm³/mol. The van der Waals surface area contributed by atoms with Gasteiger partial charge >= 0.3 is 0 Å². The topological polar surface area (TPSA) is 87.8 Å². The quantitative estimate of drug-likeness (QED) is 0.734. The van der Waals surface area contributed by atoms with E-state index in [-0.39, 0.29) is 0 Å². The summed E-state index contributed by atoms with van der Waals surface area (Å²) in [7, 11) is 0. The zero-order valence-electron chi connectivity index (χ0n) is 15.9. The van der Waals surface area contributed by atoms with Crippen LogP contribution in [-0.4, -0.2) is 39.6 Å². The Kier molecular flexibility index (Phi) is 5.31. The molecule has 28 heavy (non-hydrogen) atoms. The number of halogens is 1. The first-order valence-electron chi connectivity index (χ1n) is 9.69. The fourth-order valence-electron chi connectivity index (χ4n) is 4.21. The van der Waals surface area contributed by atoms with Crippen LogP contribution in [0.1, 0.15) is 43.6 Å². The summed E-state index contributed by atoms with van der Waals surface area (Å²) in [6, 6.07) is 3.65. The maximum atomic E-state index is 9.02. The fraction of sp³-hybridized carbons (Fsp3) is 0.550. The van der Waals surface area contributed by atoms with Crippen molar-refractivity contribution in [1.82, 2.24) is 19.9 Å². The van der Waals surface area contributed by atoms with Crippen LogP contribution in [-0.2, 0) is 0 Å². The second-order valence-corrected chi connectivity index (χ2v) is 8.11. The molecule has 4 rings (SSSR count). The Morgan fingerprint density at radius 1 is 1.25 bits per heavy atom. The van der Waals surface area contributed by atoms with E-state index in [1.54, 1.807) is 25.4 Å². The van der Waals surface area contributed by atoms with Crippen LogP contribution < -0.4 is 9.64 Å². The highest BCUT2D eigenvalue weighted by molar-refractivity contribution is 6.30. The van der Waals surface area contributed by atoms with Crippen LogP contribution in [0.25, 0.3) is 0 Å². The predicted octanol–water partition coefficient (Wildman–Crippen LogP) is 3.57. The van der Waals surface area contributed by atoms with Crippen molar-refractivity contribution < 1.29 is 4.74 Å². The van der Waals surface area contributed by atoms with Crippen LogP contribution in [0, 0.1) is 29.6 Å². The van der Waals surface area contributed by atoms with Gasteiger partial charge in [-0.05, 0) is 50.4 Å². The maximum absolute atomic E-state index is 9.02. The zero-order chi connectivity index (χ0) is 19.6. The molecule has 0 atom stereocenters. The molecule has 8 heteroatoms. The normalized spacial score (nSPS) is 18.5. The Morgan fingerprint density at radius 3 is 2.61 bits per heavy atom. The molecule has 2 fully saturated rings. The first-order valence-corrected chi connectivity index (χ1v) is 10.1. The lowest BCUT2D eigenvalue weighted by molar-refractivity contribution is 0.188. The van der Waals surface area contributed by atoms with Gasteiger partial charge in [-0.2, -0.15) is 10.2 Å². The van der Waals surface area contributed by atoms with Gasteiger partial charge in [-0.15, -0.1) is 0 Å². The lowest BCUT2D eigenvalue weighted by Gasteiger charge is -2.36. The summed E-state index contributed by atoms with van der Waals surface area (Å²) >= 11 is 5.88. The standard InChI is InChI=1S/C20H23ClN6O/c1-14-25-17(11-22)10-18(26-14)28-9-6-20(4-5-20)15-2-7-27(8-3-15)19-23-12-16(21)13-24-19/h10,12-13,15H,2-9H2,1H3. The van der Waals surface area contributed by atoms with Crippen molar-refractivity contribution in [3.05, 3.63) is 35.0 Å². The summed E-state index contributed by atoms with van der Waals surface area (Å²) < 4.78 is 5.85. The van der Waals surface area contributed by atoms with Crippen LogP contribution in [0.2, 0.25) is 5.02 Å². The number of piperidine rings is 1. The minimum absolute atomic E-state index is 0.348. The number of hydrogen-bond acceptors (Lipinski definition) is 7. The average molecular weight is 399 g/mol. The number of aryl methyl sites for hydroxylation is 1. The van der Waals surface area contributed by atoms with E-state index in [4.69, 9.17) is 21.6 Å². The molecule has 7 nitrogen and oxygen atoms in total. The summed E-state index contributed by atoms with van der Waals surface area (Å²) in [6.45, 7) is 4.35. The number of aromatic nitrogens is 4. The molecule has 0 radical (unpaired) electrons. The number of nitrogens with zero attached hydrogens (tertiary/aromatic N) is 6. The average Bonchev–Trinajstić information content (AvgIpc) is 3.49. The molecule has 2 aliphatic rings. The van der Waals surface area contributed by atoms with E-state index in [0.29, 0.717) is 40.4 Å². The highest BCUT2D eigenvalue weighted by Gasteiger charge is 2.49. The lowest BCUT2D eigenvalue weighted by atomic mass is 9.79. The van der Waals surface area contributed by atoms with Gasteiger partial charge in [0.15, 0.2) is 0 Å². The van der Waals surface area contributed by atoms with Crippen molar-refractivity contribution >= 4 is 17.5 Å². The van der Waals surface area contributed by atoms with Crippen LogP contribution >= 0.6 is 11.6 Å². The van der Waals surface area contributed by atoms with E-state index in [2.05, 4.69) is 24.8 Å². The van der Waals surface area contributed by atoms with Crippen molar-refractivity contribution in [2.45, 2.75) is 39.0 Å². The summed E-state index contributed by atoms with van der Waals surface area (Å²) in [5.41, 5.74) is 0.744. The van der Waals surface area contributed by atoms with Crippen LogP contribution in [0.15, 0.2) is 18.5 Å². The van der Waals surface area contributed by atoms with Gasteiger partial charge in [0, 0.05) is 19.2 Å². The Balaban J connectivity index is 1.29. The molecule has 1 aliphatic heterocycles. The van der Waals surface area contributed by atoms with Crippen LogP contribution in [0.4, 0.5) is 5.95 Å². The third-order valence-corrected chi connectivity index (χ3v) is 6.12. The van der Waals surface area contributed by atoms with Gasteiger partial charge in [0.25, 0.3) is 0 Å². The second-order valence-electron chi connectivity index (χ2n) is 7.67. The van der Waals surface area contributed by atoms with E-state index < -0.39 is 0 Å². The van der Waals surface area contributed by atoms with E-state index in [0.717, 1.165) is 38.3 Å². The number of hydrogen-bond donors (Lipinski definition) is 0. The van der Waals surface area contributed by atoms with Gasteiger partial charge in [-0.1, -0.05) is 11.6 Å². The maximum Gasteiger partial charge on any atom is 0.225 e. The highest BCUT2D eigenvalue weighted by atomic mass is 35.5. The van der Waals surface area contributed by atoms with E-state index in [1.807, 2.05) is 6.07 Å². The highest BCUT2D eigenvalue weighted by Crippen LogP contribution is 2.57. The van der Waals surface area contributed by atoms with E-state index in [9.17, 15) is 0 Å². The molecule has 0 amide bonds. The first-order chi connectivity index (χ1) is 13.6. The van der Waals surface area contributed by atoms with Crippen molar-refractivity contribution in [3.8, 4) is 11.9 Å². The summed E-state index contributed by atoms with van der Waals surface area (Å²) in [6.07, 6.45) is 9.17. The molecule has 0 aromatic carbocycles. The molecule has 3 heterocycles. The van der Waals surface area contributed by atoms with Gasteiger partial charge in [-0.3, -0.25) is 0 Å². The molecule has 0 spiro atoms. The molecular weight excluding hydrogens is 376 g/mol. The summed E-state index contributed by atoms with van der Waals surface area (Å²) in [4.78, 5) is 19.2. The molecule has 1 saturated heterocycles. The largest absolute Gasteiger partial charge is 0.478 e. The van der Waals surface area contributed by atoms with Crippen LogP contribution in [0.5, 0.6) is 5.88 Å². The van der Waals surface area contributed by atoms with Gasteiger partial charge in [0.2, 0.25) is 11.8 Å². The first kappa shape index (κ1) is 18.9. The number of anilines is 1. The lowest BCUT2D eigenvalue weighted by Crippen LogP contribution is -2.38. The van der Waals surface area contributed by atoms with Crippen molar-refractivity contribution in [3.63, 3.8) is 0 Å². The minimum Gasteiger partial charge on any atom is -0.478 e. The number of nitriles is 1. The smallest absolute Gasteiger partial charge is 0.225 e. The molecule has 0 unspecified atom stereocenters. The molecular formula is C20H23ClN6O. The fourth-order valence-corrected chi connectivity index (χ4v) is 4.31. The Labute approximate surface area is 169 Å². The van der Waals surface area contributed by atoms with Crippen molar-refractivity contribution in [1.29, 1.82) is 5.26 Å². The summed E-state index contributed by atoms with van der Waals surface area (Å²) in [5.74, 6) is 2.53. The third kappa shape index (κ3) is 4.17. The SMILES string of the molecule is Cc1nc(C#N)cc(OCCC2(C3CCN(c4ncc(Cl)cn4)CC3)CC2)n1. The molecule has 146 valence electrons. The molecule has 1 aliphatic carbocycles. The van der Waals surface area contributed by atoms with Crippen molar-refractivity contribution in [2.24, 2.45) is 11.3 Å². The minimum atomic E-state index is 0.348. The molecule has 2 aromatic rings. The molecule has 0 bridgehead atoms. The van der Waals surface area contributed by atoms with E-state index in [1.165, 1.54) is 12.8 Å².